The van der Waals surface area contributed by atoms with Crippen LogP contribution in [0.5, 0.6) is 11.5 Å². The summed E-state index contributed by atoms with van der Waals surface area (Å²) in [5.41, 5.74) is 1.39. The van der Waals surface area contributed by atoms with Crippen molar-refractivity contribution < 1.29 is 33.0 Å². The Bertz CT molecular complexity index is 1170. The van der Waals surface area contributed by atoms with Crippen LogP contribution in [0.1, 0.15) is 11.1 Å². The summed E-state index contributed by atoms with van der Waals surface area (Å²) in [6, 6.07) is 9.38. The minimum Gasteiger partial charge on any atom is -0.493 e. The molecule has 0 unspecified atom stereocenters. The number of halogens is 2. The molecule has 2 aliphatic rings. The molecule has 0 radical (unpaired) electrons. The number of nitrogens with zero attached hydrogens (tertiary/aromatic N) is 2. The van der Waals surface area contributed by atoms with Gasteiger partial charge in [-0.3, -0.25) is 19.3 Å². The summed E-state index contributed by atoms with van der Waals surface area (Å²) in [6.45, 7) is 1.65. The molecule has 0 aliphatic carbocycles. The third-order valence-corrected chi connectivity index (χ3v) is 6.87. The zero-order chi connectivity index (χ0) is 24.9. The molecular formula is C24H22BrFN2O6S. The molecule has 35 heavy (non-hydrogen) atoms. The van der Waals surface area contributed by atoms with Crippen molar-refractivity contribution in [3.63, 3.8) is 0 Å². The Hall–Kier alpha value is -2.89. The summed E-state index contributed by atoms with van der Waals surface area (Å²) in [5.74, 6) is -0.281. The second-order valence-electron chi connectivity index (χ2n) is 7.71. The van der Waals surface area contributed by atoms with Crippen molar-refractivity contribution in [1.29, 1.82) is 0 Å². The summed E-state index contributed by atoms with van der Waals surface area (Å²) in [7, 11) is 1.49. The molecule has 0 atom stereocenters. The summed E-state index contributed by atoms with van der Waals surface area (Å²) in [5, 5.41) is -0.492. The Balaban J connectivity index is 1.47. The van der Waals surface area contributed by atoms with Gasteiger partial charge in [0, 0.05) is 13.1 Å². The molecule has 2 aromatic carbocycles. The Morgan fingerprint density at radius 1 is 1.20 bits per heavy atom. The van der Waals surface area contributed by atoms with Crippen LogP contribution in [0.25, 0.3) is 6.08 Å². The van der Waals surface area contributed by atoms with E-state index in [1.54, 1.807) is 35.2 Å². The van der Waals surface area contributed by atoms with Gasteiger partial charge in [0.05, 0.1) is 29.7 Å². The molecule has 2 aliphatic heterocycles. The topological polar surface area (TPSA) is 85.4 Å². The second kappa shape index (κ2) is 11.2. The van der Waals surface area contributed by atoms with E-state index < -0.39 is 11.1 Å². The maximum atomic E-state index is 13.1. The average molecular weight is 565 g/mol. The first-order chi connectivity index (χ1) is 16.9. The number of morpholine rings is 1. The summed E-state index contributed by atoms with van der Waals surface area (Å²) in [4.78, 5) is 40.5. The lowest BCUT2D eigenvalue weighted by Gasteiger charge is -2.28. The van der Waals surface area contributed by atoms with Gasteiger partial charge in [0.1, 0.15) is 19.0 Å². The van der Waals surface area contributed by atoms with Crippen molar-refractivity contribution in [2.24, 2.45) is 0 Å². The van der Waals surface area contributed by atoms with Crippen LogP contribution in [0.3, 0.4) is 0 Å². The minimum atomic E-state index is -0.520. The molecule has 8 nitrogen and oxygen atoms in total. The predicted molar refractivity (Wildman–Crippen MR) is 132 cm³/mol. The Kier molecular flexibility index (Phi) is 8.09. The van der Waals surface area contributed by atoms with Crippen LogP contribution in [-0.2, 0) is 20.9 Å². The first-order valence-corrected chi connectivity index (χ1v) is 12.3. The van der Waals surface area contributed by atoms with E-state index in [4.69, 9.17) is 14.2 Å². The normalized spacial score (nSPS) is 17.3. The monoisotopic (exact) mass is 564 g/mol. The summed E-state index contributed by atoms with van der Waals surface area (Å²) < 4.78 is 30.2. The third kappa shape index (κ3) is 6.03. The van der Waals surface area contributed by atoms with E-state index in [9.17, 15) is 18.8 Å². The van der Waals surface area contributed by atoms with Gasteiger partial charge < -0.3 is 19.1 Å². The van der Waals surface area contributed by atoms with E-state index in [2.05, 4.69) is 15.9 Å². The van der Waals surface area contributed by atoms with Gasteiger partial charge in [0.15, 0.2) is 11.5 Å². The standard InChI is InChI=1S/C24H22BrFN2O6S/c1-32-19-11-16(10-18(25)22(19)34-14-15-2-4-17(26)5-3-15)12-20-23(30)28(24(31)35-20)13-21(29)27-6-8-33-9-7-27/h2-5,10-12H,6-9,13-14H2,1H3/b20-12+. The first-order valence-electron chi connectivity index (χ1n) is 10.7. The molecule has 11 heteroatoms. The number of carbonyl (C=O) groups excluding carboxylic acids is 3. The average Bonchev–Trinajstić information content (AvgIpc) is 3.11. The van der Waals surface area contributed by atoms with Crippen LogP contribution < -0.4 is 9.47 Å². The number of amides is 3. The molecule has 0 bridgehead atoms. The number of benzene rings is 2. The molecule has 3 amide bonds. The quantitative estimate of drug-likeness (QED) is 0.468. The molecule has 0 saturated carbocycles. The molecule has 2 saturated heterocycles. The number of hydrogen-bond donors (Lipinski definition) is 0. The number of carbonyl (C=O) groups is 3. The van der Waals surface area contributed by atoms with Crippen molar-refractivity contribution in [3.05, 3.63) is 62.7 Å². The van der Waals surface area contributed by atoms with Gasteiger partial charge >= 0.3 is 0 Å². The van der Waals surface area contributed by atoms with Gasteiger partial charge in [-0.2, -0.15) is 0 Å². The van der Waals surface area contributed by atoms with E-state index in [1.807, 2.05) is 0 Å². The zero-order valence-electron chi connectivity index (χ0n) is 18.8. The lowest BCUT2D eigenvalue weighted by molar-refractivity contribution is -0.139. The second-order valence-corrected chi connectivity index (χ2v) is 9.56. The SMILES string of the molecule is COc1cc(/C=C2/SC(=O)N(CC(=O)N3CCOCC3)C2=O)cc(Br)c1OCc1ccc(F)cc1. The van der Waals surface area contributed by atoms with E-state index in [1.165, 1.54) is 19.2 Å². The van der Waals surface area contributed by atoms with Crippen LogP contribution in [0.15, 0.2) is 45.8 Å². The van der Waals surface area contributed by atoms with Gasteiger partial charge in [-0.25, -0.2) is 4.39 Å². The highest BCUT2D eigenvalue weighted by molar-refractivity contribution is 9.10. The van der Waals surface area contributed by atoms with Gasteiger partial charge in [-0.15, -0.1) is 0 Å². The molecule has 0 N–H and O–H groups in total. The smallest absolute Gasteiger partial charge is 0.294 e. The Morgan fingerprint density at radius 2 is 1.91 bits per heavy atom. The molecule has 184 valence electrons. The van der Waals surface area contributed by atoms with Crippen LogP contribution in [0.4, 0.5) is 9.18 Å². The van der Waals surface area contributed by atoms with Crippen LogP contribution >= 0.6 is 27.7 Å². The maximum Gasteiger partial charge on any atom is 0.294 e. The first kappa shape index (κ1) is 25.2. The van der Waals surface area contributed by atoms with Gasteiger partial charge in [0.25, 0.3) is 11.1 Å². The van der Waals surface area contributed by atoms with Gasteiger partial charge in [-0.05, 0) is 69.2 Å². The molecule has 2 aromatic rings. The summed E-state index contributed by atoms with van der Waals surface area (Å²) >= 11 is 4.25. The number of imide groups is 1. The van der Waals surface area contributed by atoms with E-state index >= 15 is 0 Å². The fourth-order valence-electron chi connectivity index (χ4n) is 3.54. The zero-order valence-corrected chi connectivity index (χ0v) is 21.2. The third-order valence-electron chi connectivity index (χ3n) is 5.38. The Morgan fingerprint density at radius 3 is 2.60 bits per heavy atom. The molecule has 4 rings (SSSR count). The van der Waals surface area contributed by atoms with Gasteiger partial charge in [0.2, 0.25) is 5.91 Å². The number of hydrogen-bond acceptors (Lipinski definition) is 7. The van der Waals surface area contributed by atoms with Crippen molar-refractivity contribution >= 4 is 50.8 Å². The molecule has 0 aromatic heterocycles. The van der Waals surface area contributed by atoms with E-state index in [0.29, 0.717) is 47.8 Å². The highest BCUT2D eigenvalue weighted by Crippen LogP contribution is 2.39. The van der Waals surface area contributed by atoms with Crippen molar-refractivity contribution in [2.75, 3.05) is 40.0 Å². The minimum absolute atomic E-state index is 0.199. The van der Waals surface area contributed by atoms with Crippen molar-refractivity contribution in [2.45, 2.75) is 6.61 Å². The fraction of sp³-hybridized carbons (Fsp3) is 0.292. The molecule has 2 fully saturated rings. The van der Waals surface area contributed by atoms with Gasteiger partial charge in [-0.1, -0.05) is 12.1 Å². The largest absolute Gasteiger partial charge is 0.493 e. The van der Waals surface area contributed by atoms with Crippen LogP contribution in [0.2, 0.25) is 0 Å². The van der Waals surface area contributed by atoms with Crippen LogP contribution in [0, 0.1) is 5.82 Å². The highest BCUT2D eigenvalue weighted by Gasteiger charge is 2.37. The van der Waals surface area contributed by atoms with E-state index in [-0.39, 0.29) is 29.8 Å². The van der Waals surface area contributed by atoms with Crippen molar-refractivity contribution in [3.8, 4) is 11.5 Å². The fourth-order valence-corrected chi connectivity index (χ4v) is 4.95. The van der Waals surface area contributed by atoms with Crippen molar-refractivity contribution in [1.82, 2.24) is 9.80 Å². The summed E-state index contributed by atoms with van der Waals surface area (Å²) in [6.07, 6.45) is 1.57. The number of thioether (sulfide) groups is 1. The van der Waals surface area contributed by atoms with Crippen LogP contribution in [-0.4, -0.2) is 66.8 Å². The highest BCUT2D eigenvalue weighted by atomic mass is 79.9. The number of ether oxygens (including phenoxy) is 3. The molecule has 0 spiro atoms. The lowest BCUT2D eigenvalue weighted by Crippen LogP contribution is -2.46. The lowest BCUT2D eigenvalue weighted by atomic mass is 10.1. The molecule has 2 heterocycles. The van der Waals surface area contributed by atoms with E-state index in [0.717, 1.165) is 22.2 Å². The Labute approximate surface area is 214 Å². The number of methoxy groups -OCH3 is 1. The predicted octanol–water partition coefficient (Wildman–Crippen LogP) is 4.07. The number of rotatable bonds is 7. The maximum absolute atomic E-state index is 13.1. The molecular weight excluding hydrogens is 543 g/mol.